The molecule has 2 aromatic carbocycles. The van der Waals surface area contributed by atoms with E-state index in [9.17, 15) is 9.59 Å². The van der Waals surface area contributed by atoms with Gasteiger partial charge < -0.3 is 25.2 Å². The topological polar surface area (TPSA) is 96.9 Å². The van der Waals surface area contributed by atoms with Crippen molar-refractivity contribution in [2.45, 2.75) is 6.42 Å². The number of carbonyl (C=O) groups excluding carboxylic acids is 2. The number of halogens is 1. The summed E-state index contributed by atoms with van der Waals surface area (Å²) in [6.07, 6.45) is 1.98. The van der Waals surface area contributed by atoms with E-state index >= 15 is 0 Å². The first-order valence-electron chi connectivity index (χ1n) is 8.64. The lowest BCUT2D eigenvalue weighted by atomic mass is 10.1. The van der Waals surface area contributed by atoms with Crippen LogP contribution in [-0.4, -0.2) is 36.9 Å². The van der Waals surface area contributed by atoms with Crippen molar-refractivity contribution in [3.63, 3.8) is 0 Å². The number of nitrogens with one attached hydrogen (secondary N) is 2. The molecular weight excluding hydrogens is 428 g/mol. The van der Waals surface area contributed by atoms with Crippen LogP contribution in [0, 0.1) is 0 Å². The van der Waals surface area contributed by atoms with Crippen molar-refractivity contribution < 1.29 is 24.2 Å². The van der Waals surface area contributed by atoms with Crippen molar-refractivity contribution in [1.82, 2.24) is 10.6 Å². The SMILES string of the molecule is O=C(NCCCO)/C(=C/c1ccc2c(c1)OCO2)NC(=O)c1ccc(Br)cc1. The summed E-state index contributed by atoms with van der Waals surface area (Å²) in [7, 11) is 0. The fourth-order valence-electron chi connectivity index (χ4n) is 2.50. The number of aliphatic hydroxyl groups excluding tert-OH is 1. The third-order valence-electron chi connectivity index (χ3n) is 3.93. The normalized spacial score (nSPS) is 12.6. The summed E-state index contributed by atoms with van der Waals surface area (Å²) in [5.41, 5.74) is 1.18. The molecule has 2 amide bonds. The number of amides is 2. The highest BCUT2D eigenvalue weighted by atomic mass is 79.9. The molecule has 0 bridgehead atoms. The Morgan fingerprint density at radius 3 is 2.61 bits per heavy atom. The smallest absolute Gasteiger partial charge is 0.267 e. The Bertz CT molecular complexity index is 896. The minimum Gasteiger partial charge on any atom is -0.454 e. The Morgan fingerprint density at radius 2 is 1.86 bits per heavy atom. The van der Waals surface area contributed by atoms with E-state index < -0.39 is 11.8 Å². The van der Waals surface area contributed by atoms with Crippen LogP contribution in [0.25, 0.3) is 6.08 Å². The van der Waals surface area contributed by atoms with Gasteiger partial charge in [-0.2, -0.15) is 0 Å². The van der Waals surface area contributed by atoms with Crippen LogP contribution in [0.3, 0.4) is 0 Å². The zero-order valence-electron chi connectivity index (χ0n) is 14.9. The molecule has 1 aliphatic rings. The largest absolute Gasteiger partial charge is 0.454 e. The lowest BCUT2D eigenvalue weighted by Crippen LogP contribution is -2.35. The lowest BCUT2D eigenvalue weighted by molar-refractivity contribution is -0.117. The van der Waals surface area contributed by atoms with Gasteiger partial charge in [-0.1, -0.05) is 22.0 Å². The van der Waals surface area contributed by atoms with Gasteiger partial charge in [0, 0.05) is 23.2 Å². The van der Waals surface area contributed by atoms with Crippen molar-refractivity contribution in [1.29, 1.82) is 0 Å². The molecule has 3 N–H and O–H groups in total. The molecule has 0 spiro atoms. The molecule has 0 aliphatic carbocycles. The number of hydrogen-bond acceptors (Lipinski definition) is 5. The maximum absolute atomic E-state index is 12.5. The third kappa shape index (κ3) is 5.11. The average Bonchev–Trinajstić information content (AvgIpc) is 3.16. The lowest BCUT2D eigenvalue weighted by Gasteiger charge is -2.11. The van der Waals surface area contributed by atoms with E-state index in [4.69, 9.17) is 14.6 Å². The van der Waals surface area contributed by atoms with E-state index in [0.29, 0.717) is 35.6 Å². The summed E-state index contributed by atoms with van der Waals surface area (Å²) >= 11 is 3.32. The number of rotatable bonds is 7. The number of benzene rings is 2. The van der Waals surface area contributed by atoms with Crippen molar-refractivity contribution in [2.24, 2.45) is 0 Å². The van der Waals surface area contributed by atoms with E-state index in [-0.39, 0.29) is 19.1 Å². The van der Waals surface area contributed by atoms with Crippen LogP contribution < -0.4 is 20.1 Å². The molecule has 2 aromatic rings. The Kier molecular flexibility index (Phi) is 6.67. The summed E-state index contributed by atoms with van der Waals surface area (Å²) in [4.78, 5) is 25.1. The van der Waals surface area contributed by atoms with Crippen molar-refractivity contribution in [2.75, 3.05) is 19.9 Å². The second kappa shape index (κ2) is 9.38. The van der Waals surface area contributed by atoms with Crippen molar-refractivity contribution in [3.8, 4) is 11.5 Å². The van der Waals surface area contributed by atoms with Crippen LogP contribution >= 0.6 is 15.9 Å². The van der Waals surface area contributed by atoms with Gasteiger partial charge in [-0.3, -0.25) is 9.59 Å². The zero-order valence-corrected chi connectivity index (χ0v) is 16.5. The Morgan fingerprint density at radius 1 is 1.11 bits per heavy atom. The van der Waals surface area contributed by atoms with Gasteiger partial charge in [-0.15, -0.1) is 0 Å². The van der Waals surface area contributed by atoms with E-state index in [1.165, 1.54) is 0 Å². The fourth-order valence-corrected chi connectivity index (χ4v) is 2.76. The van der Waals surface area contributed by atoms with Crippen LogP contribution in [0.4, 0.5) is 0 Å². The van der Waals surface area contributed by atoms with Gasteiger partial charge >= 0.3 is 0 Å². The predicted molar refractivity (Wildman–Crippen MR) is 107 cm³/mol. The van der Waals surface area contributed by atoms with Gasteiger partial charge in [0.1, 0.15) is 5.70 Å². The highest BCUT2D eigenvalue weighted by molar-refractivity contribution is 9.10. The van der Waals surface area contributed by atoms with Crippen LogP contribution in [-0.2, 0) is 4.79 Å². The van der Waals surface area contributed by atoms with Gasteiger partial charge in [0.15, 0.2) is 11.5 Å². The molecule has 0 unspecified atom stereocenters. The first-order chi connectivity index (χ1) is 13.6. The molecule has 146 valence electrons. The first kappa shape index (κ1) is 19.9. The molecule has 8 heteroatoms. The number of fused-ring (bicyclic) bond motifs is 1. The standard InChI is InChI=1S/C20H19BrN2O5/c21-15-5-3-14(4-6-15)19(25)23-16(20(26)22-8-1-9-24)10-13-2-7-17-18(11-13)28-12-27-17/h2-7,10-11,24H,1,8-9,12H2,(H,22,26)(H,23,25)/b16-10-. The first-order valence-corrected chi connectivity index (χ1v) is 9.43. The Labute approximate surface area is 170 Å². The minimum absolute atomic E-state index is 0.0350. The van der Waals surface area contributed by atoms with Crippen LogP contribution in [0.1, 0.15) is 22.3 Å². The monoisotopic (exact) mass is 446 g/mol. The number of aliphatic hydroxyl groups is 1. The number of hydrogen-bond donors (Lipinski definition) is 3. The highest BCUT2D eigenvalue weighted by Crippen LogP contribution is 2.33. The van der Waals surface area contributed by atoms with Gasteiger partial charge in [-0.05, 0) is 54.5 Å². The molecule has 0 radical (unpaired) electrons. The predicted octanol–water partition coefficient (Wildman–Crippen LogP) is 2.45. The van der Waals surface area contributed by atoms with Gasteiger partial charge in [0.25, 0.3) is 11.8 Å². The molecule has 0 atom stereocenters. The summed E-state index contributed by atoms with van der Waals surface area (Å²) in [5.74, 6) is 0.353. The Hall–Kier alpha value is -2.84. The summed E-state index contributed by atoms with van der Waals surface area (Å²) in [5, 5.41) is 14.2. The summed E-state index contributed by atoms with van der Waals surface area (Å²) in [6, 6.07) is 12.0. The maximum Gasteiger partial charge on any atom is 0.267 e. The van der Waals surface area contributed by atoms with Gasteiger partial charge in [-0.25, -0.2) is 0 Å². The number of carbonyl (C=O) groups is 2. The van der Waals surface area contributed by atoms with Crippen molar-refractivity contribution in [3.05, 3.63) is 63.8 Å². The summed E-state index contributed by atoms with van der Waals surface area (Å²) in [6.45, 7) is 0.409. The summed E-state index contributed by atoms with van der Waals surface area (Å²) < 4.78 is 11.5. The quantitative estimate of drug-likeness (QED) is 0.448. The van der Waals surface area contributed by atoms with Gasteiger partial charge in [0.05, 0.1) is 0 Å². The number of ether oxygens (including phenoxy) is 2. The second-order valence-electron chi connectivity index (χ2n) is 5.96. The minimum atomic E-state index is -0.448. The Balaban J connectivity index is 1.82. The van der Waals surface area contributed by atoms with E-state index in [2.05, 4.69) is 26.6 Å². The third-order valence-corrected chi connectivity index (χ3v) is 4.46. The fraction of sp³-hybridized carbons (Fsp3) is 0.200. The van der Waals surface area contributed by atoms with Crippen molar-refractivity contribution >= 4 is 33.8 Å². The second-order valence-corrected chi connectivity index (χ2v) is 6.88. The average molecular weight is 447 g/mol. The molecule has 7 nitrogen and oxygen atoms in total. The van der Waals surface area contributed by atoms with Gasteiger partial charge in [0.2, 0.25) is 6.79 Å². The molecule has 1 aliphatic heterocycles. The van der Waals surface area contributed by atoms with Crippen LogP contribution in [0.15, 0.2) is 52.6 Å². The van der Waals surface area contributed by atoms with E-state index in [0.717, 1.165) is 4.47 Å². The molecular formula is C20H19BrN2O5. The molecule has 0 fully saturated rings. The molecule has 0 saturated carbocycles. The van der Waals surface area contributed by atoms with E-state index in [1.54, 1.807) is 48.5 Å². The molecule has 1 heterocycles. The highest BCUT2D eigenvalue weighted by Gasteiger charge is 2.16. The van der Waals surface area contributed by atoms with Crippen LogP contribution in [0.5, 0.6) is 11.5 Å². The maximum atomic E-state index is 12.5. The van der Waals surface area contributed by atoms with Crippen LogP contribution in [0.2, 0.25) is 0 Å². The van der Waals surface area contributed by atoms with E-state index in [1.807, 2.05) is 0 Å². The molecule has 28 heavy (non-hydrogen) atoms. The molecule has 0 saturated heterocycles. The molecule has 3 rings (SSSR count). The zero-order chi connectivity index (χ0) is 19.9. The molecule has 0 aromatic heterocycles.